The Bertz CT molecular complexity index is 595. The highest BCUT2D eigenvalue weighted by molar-refractivity contribution is 5.74. The lowest BCUT2D eigenvalue weighted by atomic mass is 10.0. The molecule has 0 aliphatic carbocycles. The maximum Gasteiger partial charge on any atom is 0.295 e. The van der Waals surface area contributed by atoms with E-state index in [9.17, 15) is 0 Å². The average Bonchev–Trinajstić information content (AvgIpc) is 2.87. The Kier molecular flexibility index (Phi) is 4.10. The van der Waals surface area contributed by atoms with Crippen LogP contribution in [0.2, 0.25) is 0 Å². The Labute approximate surface area is 131 Å². The second kappa shape index (κ2) is 5.89. The molecule has 1 aliphatic rings. The summed E-state index contributed by atoms with van der Waals surface area (Å²) in [7, 11) is 0. The largest absolute Gasteiger partial charge is 0.424 e. The van der Waals surface area contributed by atoms with E-state index in [0.717, 1.165) is 30.7 Å². The number of hydrogen-bond donors (Lipinski definition) is 1. The van der Waals surface area contributed by atoms with Gasteiger partial charge in [-0.2, -0.15) is 4.98 Å². The number of ether oxygens (including phenoxy) is 1. The molecule has 1 fully saturated rings. The Morgan fingerprint density at radius 1 is 1.23 bits per heavy atom. The third-order valence-electron chi connectivity index (χ3n) is 4.24. The van der Waals surface area contributed by atoms with Crippen LogP contribution in [0.4, 0.5) is 6.01 Å². The van der Waals surface area contributed by atoms with Crippen molar-refractivity contribution >= 4 is 17.1 Å². The number of morpholine rings is 1. The van der Waals surface area contributed by atoms with E-state index in [4.69, 9.17) is 9.15 Å². The van der Waals surface area contributed by atoms with Crippen LogP contribution in [0.25, 0.3) is 11.1 Å². The van der Waals surface area contributed by atoms with Gasteiger partial charge in [0.25, 0.3) is 6.01 Å². The van der Waals surface area contributed by atoms with Gasteiger partial charge < -0.3 is 14.5 Å². The molecule has 0 spiro atoms. The predicted molar refractivity (Wildman–Crippen MR) is 88.2 cm³/mol. The summed E-state index contributed by atoms with van der Waals surface area (Å²) in [5.74, 6) is 0. The van der Waals surface area contributed by atoms with Crippen LogP contribution in [0.1, 0.15) is 27.7 Å². The lowest BCUT2D eigenvalue weighted by Crippen LogP contribution is -2.57. The van der Waals surface area contributed by atoms with Gasteiger partial charge in [-0.3, -0.25) is 4.90 Å². The summed E-state index contributed by atoms with van der Waals surface area (Å²) in [6, 6.07) is 8.40. The highest BCUT2D eigenvalue weighted by Crippen LogP contribution is 2.23. The number of para-hydroxylation sites is 2. The molecule has 2 heterocycles. The topological polar surface area (TPSA) is 50.5 Å². The van der Waals surface area contributed by atoms with Crippen LogP contribution in [-0.4, -0.2) is 47.3 Å². The molecule has 1 aliphatic heterocycles. The molecule has 2 aromatic rings. The average molecular weight is 303 g/mol. The molecular weight excluding hydrogens is 278 g/mol. The summed E-state index contributed by atoms with van der Waals surface area (Å²) in [5.41, 5.74) is 1.71. The van der Waals surface area contributed by atoms with Crippen LogP contribution in [0.3, 0.4) is 0 Å². The van der Waals surface area contributed by atoms with Gasteiger partial charge in [0, 0.05) is 25.2 Å². The lowest BCUT2D eigenvalue weighted by molar-refractivity contribution is -0.0933. The van der Waals surface area contributed by atoms with E-state index in [1.165, 1.54) is 0 Å². The number of aromatic nitrogens is 1. The van der Waals surface area contributed by atoms with Gasteiger partial charge in [0.2, 0.25) is 0 Å². The summed E-state index contributed by atoms with van der Waals surface area (Å²) in [6.07, 6.45) is 0.541. The summed E-state index contributed by atoms with van der Waals surface area (Å²) in [4.78, 5) is 6.94. The zero-order valence-corrected chi connectivity index (χ0v) is 13.8. The van der Waals surface area contributed by atoms with E-state index >= 15 is 0 Å². The van der Waals surface area contributed by atoms with Gasteiger partial charge in [0.1, 0.15) is 5.52 Å². The van der Waals surface area contributed by atoms with Crippen LogP contribution in [0, 0.1) is 0 Å². The number of oxazole rings is 1. The van der Waals surface area contributed by atoms with Gasteiger partial charge >= 0.3 is 0 Å². The van der Waals surface area contributed by atoms with Gasteiger partial charge in [0.05, 0.1) is 12.2 Å². The number of nitrogens with one attached hydrogen (secondary N) is 1. The summed E-state index contributed by atoms with van der Waals surface area (Å²) in [5, 5.41) is 3.34. The fourth-order valence-corrected chi connectivity index (χ4v) is 3.02. The van der Waals surface area contributed by atoms with Crippen molar-refractivity contribution in [1.82, 2.24) is 9.88 Å². The molecule has 0 amide bonds. The third-order valence-corrected chi connectivity index (χ3v) is 4.24. The number of nitrogens with zero attached hydrogens (tertiary/aromatic N) is 2. The van der Waals surface area contributed by atoms with Crippen molar-refractivity contribution in [2.45, 2.75) is 45.4 Å². The van der Waals surface area contributed by atoms with Crippen molar-refractivity contribution in [2.75, 3.05) is 25.0 Å². The maximum atomic E-state index is 5.82. The molecule has 0 bridgehead atoms. The summed E-state index contributed by atoms with van der Waals surface area (Å²) >= 11 is 0. The van der Waals surface area contributed by atoms with Crippen LogP contribution < -0.4 is 5.32 Å². The molecule has 120 valence electrons. The molecule has 22 heavy (non-hydrogen) atoms. The first-order chi connectivity index (χ1) is 10.4. The molecule has 1 aromatic carbocycles. The molecule has 0 unspecified atom stereocenters. The van der Waals surface area contributed by atoms with Crippen molar-refractivity contribution in [3.05, 3.63) is 24.3 Å². The number of rotatable bonds is 4. The molecule has 2 atom stereocenters. The number of benzene rings is 1. The van der Waals surface area contributed by atoms with Crippen molar-refractivity contribution in [3.8, 4) is 0 Å². The molecule has 0 radical (unpaired) electrons. The Morgan fingerprint density at radius 2 is 1.91 bits per heavy atom. The van der Waals surface area contributed by atoms with E-state index in [0.29, 0.717) is 6.01 Å². The van der Waals surface area contributed by atoms with Crippen molar-refractivity contribution in [2.24, 2.45) is 0 Å². The number of anilines is 1. The van der Waals surface area contributed by atoms with Crippen LogP contribution >= 0.6 is 0 Å². The zero-order valence-electron chi connectivity index (χ0n) is 13.8. The monoisotopic (exact) mass is 303 g/mol. The minimum absolute atomic E-state index is 0.00690. The number of fused-ring (bicyclic) bond motifs is 1. The van der Waals surface area contributed by atoms with E-state index in [-0.39, 0.29) is 17.7 Å². The second-order valence-electron chi connectivity index (χ2n) is 6.82. The van der Waals surface area contributed by atoms with Crippen LogP contribution in [0.15, 0.2) is 28.7 Å². The quantitative estimate of drug-likeness (QED) is 0.940. The molecule has 1 N–H and O–H groups in total. The molecule has 1 aromatic heterocycles. The van der Waals surface area contributed by atoms with Gasteiger partial charge in [-0.25, -0.2) is 0 Å². The fraction of sp³-hybridized carbons (Fsp3) is 0.588. The first kappa shape index (κ1) is 15.3. The number of hydrogen-bond acceptors (Lipinski definition) is 5. The Balaban J connectivity index is 1.66. The van der Waals surface area contributed by atoms with Crippen molar-refractivity contribution < 1.29 is 9.15 Å². The third kappa shape index (κ3) is 3.25. The lowest BCUT2D eigenvalue weighted by Gasteiger charge is -2.45. The first-order valence-electron chi connectivity index (χ1n) is 7.94. The Morgan fingerprint density at radius 3 is 2.59 bits per heavy atom. The second-order valence-corrected chi connectivity index (χ2v) is 6.82. The molecular formula is C17H25N3O2. The zero-order chi connectivity index (χ0) is 15.7. The normalized spacial score (nSPS) is 23.8. The van der Waals surface area contributed by atoms with Crippen LogP contribution in [-0.2, 0) is 4.74 Å². The minimum Gasteiger partial charge on any atom is -0.424 e. The molecule has 5 nitrogen and oxygen atoms in total. The first-order valence-corrected chi connectivity index (χ1v) is 7.94. The summed E-state index contributed by atoms with van der Waals surface area (Å²) < 4.78 is 11.5. The standard InChI is InChI=1S/C17H25N3O2/c1-12-9-20(10-13(2)21-12)17(3,4)11-18-16-19-14-7-5-6-8-15(14)22-16/h5-8,12-13H,9-11H2,1-4H3,(H,18,19)/t12-,13-/m0/s1. The van der Waals surface area contributed by atoms with Crippen molar-refractivity contribution in [1.29, 1.82) is 0 Å². The van der Waals surface area contributed by atoms with Crippen molar-refractivity contribution in [3.63, 3.8) is 0 Å². The molecule has 5 heteroatoms. The van der Waals surface area contributed by atoms with E-state index in [2.05, 4.69) is 42.9 Å². The minimum atomic E-state index is 0.00690. The predicted octanol–water partition coefficient (Wildman–Crippen LogP) is 3.13. The van der Waals surface area contributed by atoms with Gasteiger partial charge in [-0.1, -0.05) is 12.1 Å². The summed E-state index contributed by atoms with van der Waals surface area (Å²) in [6.45, 7) is 11.4. The van der Waals surface area contributed by atoms with Gasteiger partial charge in [-0.15, -0.1) is 0 Å². The van der Waals surface area contributed by atoms with E-state index in [1.54, 1.807) is 0 Å². The highest BCUT2D eigenvalue weighted by Gasteiger charge is 2.33. The van der Waals surface area contributed by atoms with Gasteiger partial charge in [-0.05, 0) is 39.8 Å². The van der Waals surface area contributed by atoms with Crippen LogP contribution in [0.5, 0.6) is 0 Å². The van der Waals surface area contributed by atoms with E-state index in [1.807, 2.05) is 24.3 Å². The Hall–Kier alpha value is -1.59. The van der Waals surface area contributed by atoms with Gasteiger partial charge in [0.15, 0.2) is 5.58 Å². The maximum absolute atomic E-state index is 5.82. The molecule has 0 saturated carbocycles. The molecule has 1 saturated heterocycles. The smallest absolute Gasteiger partial charge is 0.295 e. The molecule has 3 rings (SSSR count). The highest BCUT2D eigenvalue weighted by atomic mass is 16.5. The fourth-order valence-electron chi connectivity index (χ4n) is 3.02. The SMILES string of the molecule is C[C@H]1CN(C(C)(C)CNc2nc3ccccc3o2)C[C@H](C)O1. The van der Waals surface area contributed by atoms with E-state index < -0.39 is 0 Å².